The summed E-state index contributed by atoms with van der Waals surface area (Å²) in [4.78, 5) is 12.3. The third-order valence-corrected chi connectivity index (χ3v) is 5.39. The van der Waals surface area contributed by atoms with Crippen LogP contribution in [-0.4, -0.2) is 26.4 Å². The fourth-order valence-electron chi connectivity index (χ4n) is 3.44. The number of hydrogen-bond acceptors (Lipinski definition) is 3. The van der Waals surface area contributed by atoms with E-state index >= 15 is 0 Å². The first-order valence-corrected chi connectivity index (χ1v) is 11.8. The maximum absolute atomic E-state index is 13.3. The zero-order valence-corrected chi connectivity index (χ0v) is 21.1. The summed E-state index contributed by atoms with van der Waals surface area (Å²) in [6.45, 7) is 12.0. The Labute approximate surface area is 214 Å². The summed E-state index contributed by atoms with van der Waals surface area (Å²) in [5, 5.41) is 0.320. The predicted octanol–water partition coefficient (Wildman–Crippen LogP) is 8.54. The van der Waals surface area contributed by atoms with Crippen molar-refractivity contribution in [3.63, 3.8) is 0 Å². The standard InChI is InChI=1S/C27H29ClF4N4/c1-5-17-36-24(25(28)35-26(36)21-13-15-23(29)34-18-21)19(4)10-11-20(6-2)12-14-22(33-7-3)9-8-16-27(30,31)32/h6-11,13,15,18H,2-3,5,12,14,16-17H2,1,4H3/b9-8-,19-10+,20-11+,33-22+. The van der Waals surface area contributed by atoms with Gasteiger partial charge in [0.05, 0.1) is 12.1 Å². The van der Waals surface area contributed by atoms with E-state index in [-0.39, 0.29) is 0 Å². The SMILES string of the molecule is C=C/N=C(\C=C/CC(F)(F)F)CC/C(C=C)=C/C=C(\C)c1c(Cl)nc(-c2ccc(F)nc2)n1CCC. The minimum Gasteiger partial charge on any atom is -0.323 e. The fraction of sp³-hybridized carbons (Fsp3) is 0.296. The highest BCUT2D eigenvalue weighted by molar-refractivity contribution is 6.31. The lowest BCUT2D eigenvalue weighted by atomic mass is 10.1. The Kier molecular flexibility index (Phi) is 11.0. The number of aliphatic imine (C=N–C) groups is 1. The van der Waals surface area contributed by atoms with Crippen molar-refractivity contribution in [3.8, 4) is 11.4 Å². The van der Waals surface area contributed by atoms with Gasteiger partial charge in [-0.15, -0.1) is 0 Å². The molecule has 0 N–H and O–H groups in total. The Bertz CT molecular complexity index is 1170. The summed E-state index contributed by atoms with van der Waals surface area (Å²) in [6.07, 6.45) is 7.09. The number of rotatable bonds is 12. The molecule has 2 aromatic heterocycles. The number of halogens is 5. The normalized spacial score (nSPS) is 13.5. The lowest BCUT2D eigenvalue weighted by Gasteiger charge is -2.11. The van der Waals surface area contributed by atoms with E-state index in [0.717, 1.165) is 29.3 Å². The molecule has 0 radical (unpaired) electrons. The van der Waals surface area contributed by atoms with Crippen molar-refractivity contribution in [1.82, 2.24) is 14.5 Å². The zero-order valence-electron chi connectivity index (χ0n) is 20.3. The first kappa shape index (κ1) is 29.0. The van der Waals surface area contributed by atoms with E-state index in [4.69, 9.17) is 11.6 Å². The summed E-state index contributed by atoms with van der Waals surface area (Å²) in [5.41, 5.74) is 3.61. The Morgan fingerprint density at radius 2 is 1.94 bits per heavy atom. The molecule has 0 aromatic carbocycles. The molecule has 0 amide bonds. The monoisotopic (exact) mass is 520 g/mol. The van der Waals surface area contributed by atoms with Gasteiger partial charge in [-0.3, -0.25) is 4.99 Å². The van der Waals surface area contributed by atoms with Crippen molar-refractivity contribution >= 4 is 22.9 Å². The third kappa shape index (κ3) is 8.75. The second-order valence-corrected chi connectivity index (χ2v) is 8.27. The fourth-order valence-corrected chi connectivity index (χ4v) is 3.77. The van der Waals surface area contributed by atoms with Gasteiger partial charge in [0, 0.05) is 30.2 Å². The van der Waals surface area contributed by atoms with E-state index in [2.05, 4.69) is 28.1 Å². The largest absolute Gasteiger partial charge is 0.392 e. The zero-order chi connectivity index (χ0) is 26.7. The van der Waals surface area contributed by atoms with E-state index in [1.165, 1.54) is 24.5 Å². The predicted molar refractivity (Wildman–Crippen MR) is 139 cm³/mol. The number of pyridine rings is 1. The molecule has 0 aliphatic carbocycles. The van der Waals surface area contributed by atoms with Crippen molar-refractivity contribution in [2.24, 2.45) is 4.99 Å². The molecule has 0 bridgehead atoms. The molecule has 2 heterocycles. The van der Waals surface area contributed by atoms with Gasteiger partial charge in [0.2, 0.25) is 5.95 Å². The van der Waals surface area contributed by atoms with Gasteiger partial charge >= 0.3 is 6.18 Å². The first-order chi connectivity index (χ1) is 17.1. The van der Waals surface area contributed by atoms with E-state index in [0.29, 0.717) is 41.6 Å². The maximum atomic E-state index is 13.3. The van der Waals surface area contributed by atoms with Gasteiger partial charge in [-0.2, -0.15) is 17.6 Å². The molecule has 192 valence electrons. The topological polar surface area (TPSA) is 43.1 Å². The van der Waals surface area contributed by atoms with Gasteiger partial charge in [0.1, 0.15) is 5.82 Å². The van der Waals surface area contributed by atoms with Crippen molar-refractivity contribution < 1.29 is 17.6 Å². The van der Waals surface area contributed by atoms with E-state index in [1.807, 2.05) is 30.6 Å². The summed E-state index contributed by atoms with van der Waals surface area (Å²) >= 11 is 6.51. The Hall–Kier alpha value is -3.26. The Morgan fingerprint density at radius 3 is 2.53 bits per heavy atom. The average Bonchev–Trinajstić information content (AvgIpc) is 3.14. The molecule has 2 aromatic rings. The van der Waals surface area contributed by atoms with Crippen LogP contribution in [0, 0.1) is 5.95 Å². The third-order valence-electron chi connectivity index (χ3n) is 5.13. The molecule has 0 unspecified atom stereocenters. The van der Waals surface area contributed by atoms with Gasteiger partial charge < -0.3 is 4.57 Å². The van der Waals surface area contributed by atoms with Crippen LogP contribution in [0.1, 0.15) is 45.2 Å². The Morgan fingerprint density at radius 1 is 1.19 bits per heavy atom. The number of imidazole rings is 1. The molecular formula is C27H29ClF4N4. The molecular weight excluding hydrogens is 492 g/mol. The molecule has 2 rings (SSSR count). The molecule has 0 aliphatic rings. The van der Waals surface area contributed by atoms with Crippen LogP contribution in [0.3, 0.4) is 0 Å². The molecule has 0 saturated heterocycles. The van der Waals surface area contributed by atoms with E-state index in [1.54, 1.807) is 12.1 Å². The van der Waals surface area contributed by atoms with E-state index in [9.17, 15) is 17.6 Å². The van der Waals surface area contributed by atoms with Crippen LogP contribution in [0.5, 0.6) is 0 Å². The quantitative estimate of drug-likeness (QED) is 0.122. The smallest absolute Gasteiger partial charge is 0.323 e. The average molecular weight is 521 g/mol. The lowest BCUT2D eigenvalue weighted by Crippen LogP contribution is -2.05. The minimum absolute atomic E-state index is 0.320. The van der Waals surface area contributed by atoms with E-state index < -0.39 is 18.5 Å². The number of aromatic nitrogens is 3. The molecule has 0 aliphatic heterocycles. The second-order valence-electron chi connectivity index (χ2n) is 7.92. The van der Waals surface area contributed by atoms with Gasteiger partial charge in [0.25, 0.3) is 0 Å². The van der Waals surface area contributed by atoms with Crippen LogP contribution in [0.25, 0.3) is 17.0 Å². The van der Waals surface area contributed by atoms with Crippen LogP contribution in [0.2, 0.25) is 5.15 Å². The first-order valence-electron chi connectivity index (χ1n) is 11.4. The van der Waals surface area contributed by atoms with Crippen LogP contribution in [-0.2, 0) is 6.54 Å². The second kappa shape index (κ2) is 13.7. The van der Waals surface area contributed by atoms with Crippen molar-refractivity contribution in [1.29, 1.82) is 0 Å². The van der Waals surface area contributed by atoms with Gasteiger partial charge in [-0.1, -0.05) is 56.0 Å². The summed E-state index contributed by atoms with van der Waals surface area (Å²) in [5.74, 6) is 0.0231. The van der Waals surface area contributed by atoms with Crippen LogP contribution in [0.15, 0.2) is 78.6 Å². The number of nitrogens with zero attached hydrogens (tertiary/aromatic N) is 4. The molecule has 0 atom stereocenters. The number of alkyl halides is 3. The Balaban J connectivity index is 2.28. The maximum Gasteiger partial charge on any atom is 0.392 e. The van der Waals surface area contributed by atoms with Gasteiger partial charge in [0.15, 0.2) is 5.15 Å². The van der Waals surface area contributed by atoms with Crippen LogP contribution >= 0.6 is 11.6 Å². The van der Waals surface area contributed by atoms with Crippen molar-refractivity contribution in [2.75, 3.05) is 0 Å². The number of allylic oxidation sites excluding steroid dienone is 7. The van der Waals surface area contributed by atoms with Crippen LogP contribution < -0.4 is 0 Å². The summed E-state index contributed by atoms with van der Waals surface area (Å²) in [7, 11) is 0. The van der Waals surface area contributed by atoms with Gasteiger partial charge in [-0.05, 0) is 55.5 Å². The van der Waals surface area contributed by atoms with Crippen molar-refractivity contribution in [2.45, 2.75) is 52.3 Å². The highest BCUT2D eigenvalue weighted by atomic mass is 35.5. The molecule has 4 nitrogen and oxygen atoms in total. The molecule has 0 fully saturated rings. The minimum atomic E-state index is -4.26. The molecule has 0 spiro atoms. The molecule has 9 heteroatoms. The lowest BCUT2D eigenvalue weighted by molar-refractivity contribution is -0.125. The highest BCUT2D eigenvalue weighted by Crippen LogP contribution is 2.31. The molecule has 36 heavy (non-hydrogen) atoms. The van der Waals surface area contributed by atoms with Gasteiger partial charge in [-0.25, -0.2) is 9.97 Å². The summed E-state index contributed by atoms with van der Waals surface area (Å²) in [6, 6.07) is 2.88. The van der Waals surface area contributed by atoms with Crippen molar-refractivity contribution in [3.05, 3.63) is 90.4 Å². The number of hydrogen-bond donors (Lipinski definition) is 0. The van der Waals surface area contributed by atoms with Crippen LogP contribution in [0.4, 0.5) is 17.6 Å². The highest BCUT2D eigenvalue weighted by Gasteiger charge is 2.24. The molecule has 0 saturated carbocycles. The summed E-state index contributed by atoms with van der Waals surface area (Å²) < 4.78 is 52.5.